The van der Waals surface area contributed by atoms with Crippen LogP contribution in [0.2, 0.25) is 0 Å². The molecule has 1 fully saturated rings. The van der Waals surface area contributed by atoms with Crippen LogP contribution in [0.15, 0.2) is 36.7 Å². The molecule has 5 rings (SSSR count). The minimum atomic E-state index is -0.478. The number of anilines is 2. The van der Waals surface area contributed by atoms with Gasteiger partial charge in [0.05, 0.1) is 38.4 Å². The molecule has 10 heteroatoms. The van der Waals surface area contributed by atoms with E-state index in [2.05, 4.69) is 10.4 Å². The fourth-order valence-electron chi connectivity index (χ4n) is 4.21. The van der Waals surface area contributed by atoms with Gasteiger partial charge in [-0.25, -0.2) is 19.8 Å². The molecule has 1 aromatic carbocycles. The first-order valence-corrected chi connectivity index (χ1v) is 11.1. The van der Waals surface area contributed by atoms with Gasteiger partial charge in [0.2, 0.25) is 0 Å². The average Bonchev–Trinajstić information content (AvgIpc) is 3.54. The summed E-state index contributed by atoms with van der Waals surface area (Å²) >= 11 is 0. The number of fused-ring (bicyclic) bond motifs is 1. The summed E-state index contributed by atoms with van der Waals surface area (Å²) in [5.74, 6) is 0.921. The van der Waals surface area contributed by atoms with Crippen LogP contribution in [0.1, 0.15) is 12.1 Å². The zero-order chi connectivity index (χ0) is 23.7. The van der Waals surface area contributed by atoms with Crippen molar-refractivity contribution in [3.63, 3.8) is 0 Å². The normalized spacial score (nSPS) is 17.8. The SMILES string of the molecule is COc1cc(OC)c(F)c(N(CC2CCOC2)c2ccc3ncc(C4=CN(C)NC4)nc3n2)c1. The summed E-state index contributed by atoms with van der Waals surface area (Å²) in [6.45, 7) is 2.50. The Balaban J connectivity index is 1.60. The third-order valence-electron chi connectivity index (χ3n) is 6.07. The molecular weight excluding hydrogens is 439 g/mol. The van der Waals surface area contributed by atoms with Crippen LogP contribution in [0, 0.1) is 11.7 Å². The topological polar surface area (TPSA) is 84.9 Å². The smallest absolute Gasteiger partial charge is 0.188 e. The average molecular weight is 467 g/mol. The molecule has 0 aliphatic carbocycles. The lowest BCUT2D eigenvalue weighted by atomic mass is 10.1. The maximum atomic E-state index is 15.5. The van der Waals surface area contributed by atoms with E-state index in [1.54, 1.807) is 19.4 Å². The van der Waals surface area contributed by atoms with Gasteiger partial charge in [-0.1, -0.05) is 0 Å². The Bertz CT molecular complexity index is 1230. The van der Waals surface area contributed by atoms with Crippen LogP contribution in [-0.2, 0) is 4.74 Å². The summed E-state index contributed by atoms with van der Waals surface area (Å²) in [5, 5.41) is 1.88. The van der Waals surface area contributed by atoms with Crippen LogP contribution in [0.25, 0.3) is 16.7 Å². The molecule has 2 aliphatic rings. The maximum absolute atomic E-state index is 15.5. The highest BCUT2D eigenvalue weighted by atomic mass is 19.1. The highest BCUT2D eigenvalue weighted by molar-refractivity contribution is 5.77. The summed E-state index contributed by atoms with van der Waals surface area (Å²) in [5.41, 5.74) is 6.46. The molecule has 0 amide bonds. The Kier molecular flexibility index (Phi) is 6.16. The number of aromatic nitrogens is 3. The van der Waals surface area contributed by atoms with E-state index in [9.17, 15) is 0 Å². The number of hydrazine groups is 1. The van der Waals surface area contributed by atoms with Gasteiger partial charge >= 0.3 is 0 Å². The number of methoxy groups -OCH3 is 2. The molecule has 0 spiro atoms. The minimum absolute atomic E-state index is 0.106. The first-order valence-electron chi connectivity index (χ1n) is 11.1. The second-order valence-electron chi connectivity index (χ2n) is 8.37. The third kappa shape index (κ3) is 4.34. The molecule has 34 heavy (non-hydrogen) atoms. The van der Waals surface area contributed by atoms with Gasteiger partial charge in [0.15, 0.2) is 17.2 Å². The van der Waals surface area contributed by atoms with Crippen molar-refractivity contribution >= 4 is 28.2 Å². The molecule has 178 valence electrons. The van der Waals surface area contributed by atoms with Crippen LogP contribution in [-0.4, -0.2) is 67.5 Å². The number of nitrogens with zero attached hydrogens (tertiary/aromatic N) is 5. The summed E-state index contributed by atoms with van der Waals surface area (Å²) in [6, 6.07) is 6.88. The molecule has 3 aromatic rings. The second kappa shape index (κ2) is 9.40. The number of nitrogens with one attached hydrogen (secondary N) is 1. The Morgan fingerprint density at radius 3 is 2.82 bits per heavy atom. The number of benzene rings is 1. The standard InChI is InChI=1S/C24H27FN6O3/c1-30-13-16(10-27-30)19-11-26-18-4-5-22(29-24(18)28-19)31(12-15-6-7-34-14-15)20-8-17(32-2)9-21(33-3)23(20)25/h4-5,8-9,11,13,15,27H,6-7,10,12,14H2,1-3H3. The lowest BCUT2D eigenvalue weighted by Gasteiger charge is -2.27. The highest BCUT2D eigenvalue weighted by Crippen LogP contribution is 2.37. The third-order valence-corrected chi connectivity index (χ3v) is 6.07. The number of hydrogen-bond donors (Lipinski definition) is 1. The van der Waals surface area contributed by atoms with Gasteiger partial charge in [-0.05, 0) is 18.6 Å². The van der Waals surface area contributed by atoms with E-state index in [-0.39, 0.29) is 11.7 Å². The Labute approximate surface area is 197 Å². The van der Waals surface area contributed by atoms with E-state index in [1.165, 1.54) is 13.2 Å². The van der Waals surface area contributed by atoms with Crippen molar-refractivity contribution < 1.29 is 18.6 Å². The number of halogens is 1. The molecule has 0 saturated carbocycles. The first kappa shape index (κ1) is 22.3. The number of ether oxygens (including phenoxy) is 3. The molecule has 9 nitrogen and oxygen atoms in total. The molecular formula is C24H27FN6O3. The van der Waals surface area contributed by atoms with Crippen molar-refractivity contribution in [3.8, 4) is 11.5 Å². The zero-order valence-corrected chi connectivity index (χ0v) is 19.4. The van der Waals surface area contributed by atoms with E-state index in [4.69, 9.17) is 24.2 Å². The monoisotopic (exact) mass is 466 g/mol. The number of rotatable bonds is 7. The van der Waals surface area contributed by atoms with Gasteiger partial charge in [0, 0.05) is 56.6 Å². The zero-order valence-electron chi connectivity index (χ0n) is 19.4. The van der Waals surface area contributed by atoms with Gasteiger partial charge < -0.3 is 24.1 Å². The molecule has 2 aliphatic heterocycles. The van der Waals surface area contributed by atoms with Gasteiger partial charge in [-0.2, -0.15) is 0 Å². The maximum Gasteiger partial charge on any atom is 0.188 e. The molecule has 2 aromatic heterocycles. The van der Waals surface area contributed by atoms with Crippen LogP contribution < -0.4 is 19.8 Å². The fraction of sp³-hybridized carbons (Fsp3) is 0.375. The minimum Gasteiger partial charge on any atom is -0.497 e. The van der Waals surface area contributed by atoms with Crippen LogP contribution in [0.3, 0.4) is 0 Å². The van der Waals surface area contributed by atoms with Gasteiger partial charge in [0.1, 0.15) is 17.1 Å². The van der Waals surface area contributed by atoms with Crippen molar-refractivity contribution in [2.24, 2.45) is 5.92 Å². The van der Waals surface area contributed by atoms with E-state index in [0.717, 1.165) is 17.7 Å². The number of hydrogen-bond acceptors (Lipinski definition) is 9. The van der Waals surface area contributed by atoms with Crippen LogP contribution >= 0.6 is 0 Å². The van der Waals surface area contributed by atoms with Crippen molar-refractivity contribution in [2.75, 3.05) is 52.5 Å². The van der Waals surface area contributed by atoms with E-state index in [0.29, 0.717) is 54.7 Å². The Hall–Kier alpha value is -3.50. The van der Waals surface area contributed by atoms with E-state index in [1.807, 2.05) is 35.3 Å². The quantitative estimate of drug-likeness (QED) is 0.564. The first-order chi connectivity index (χ1) is 16.6. The molecule has 1 atom stereocenters. The molecule has 0 bridgehead atoms. The van der Waals surface area contributed by atoms with E-state index >= 15 is 4.39 Å². The van der Waals surface area contributed by atoms with Crippen molar-refractivity contribution in [3.05, 3.63) is 48.2 Å². The lowest BCUT2D eigenvalue weighted by molar-refractivity contribution is 0.187. The summed E-state index contributed by atoms with van der Waals surface area (Å²) in [4.78, 5) is 15.9. The summed E-state index contributed by atoms with van der Waals surface area (Å²) in [6.07, 6.45) is 4.62. The van der Waals surface area contributed by atoms with Gasteiger partial charge in [-0.3, -0.25) is 4.98 Å². The highest BCUT2D eigenvalue weighted by Gasteiger charge is 2.26. The molecule has 4 heterocycles. The summed E-state index contributed by atoms with van der Waals surface area (Å²) in [7, 11) is 4.91. The Morgan fingerprint density at radius 1 is 1.24 bits per heavy atom. The van der Waals surface area contributed by atoms with Gasteiger partial charge in [0.25, 0.3) is 0 Å². The molecule has 1 N–H and O–H groups in total. The van der Waals surface area contributed by atoms with Crippen molar-refractivity contribution in [2.45, 2.75) is 6.42 Å². The molecule has 1 saturated heterocycles. The fourth-order valence-corrected chi connectivity index (χ4v) is 4.21. The van der Waals surface area contributed by atoms with Crippen molar-refractivity contribution in [1.82, 2.24) is 25.4 Å². The number of pyridine rings is 1. The summed E-state index contributed by atoms with van der Waals surface area (Å²) < 4.78 is 31.7. The van der Waals surface area contributed by atoms with Crippen LogP contribution in [0.5, 0.6) is 11.5 Å². The Morgan fingerprint density at radius 2 is 2.12 bits per heavy atom. The second-order valence-corrected chi connectivity index (χ2v) is 8.37. The molecule has 0 radical (unpaired) electrons. The van der Waals surface area contributed by atoms with Gasteiger partial charge in [-0.15, -0.1) is 0 Å². The predicted molar refractivity (Wildman–Crippen MR) is 127 cm³/mol. The van der Waals surface area contributed by atoms with E-state index < -0.39 is 5.82 Å². The lowest BCUT2D eigenvalue weighted by Crippen LogP contribution is -2.27. The largest absolute Gasteiger partial charge is 0.497 e. The van der Waals surface area contributed by atoms with Crippen LogP contribution in [0.4, 0.5) is 15.9 Å². The predicted octanol–water partition coefficient (Wildman–Crippen LogP) is 3.15. The molecule has 1 unspecified atom stereocenters. The van der Waals surface area contributed by atoms with Crippen molar-refractivity contribution in [1.29, 1.82) is 0 Å².